The average molecular weight is 417 g/mol. The molecular weight excluding hydrogens is 397 g/mol. The second kappa shape index (κ2) is 9.06. The van der Waals surface area contributed by atoms with Gasteiger partial charge in [-0.2, -0.15) is 0 Å². The van der Waals surface area contributed by atoms with Crippen molar-refractivity contribution in [2.45, 2.75) is 19.8 Å². The SMILES string of the molecule is CCS(=O)(=O)N1CCC(C(=O)OCC(=O)Nc2cc([N+](=O)[O-])ccc2F)CC1. The van der Waals surface area contributed by atoms with Crippen LogP contribution in [-0.2, 0) is 24.3 Å². The standard InChI is InChI=1S/C16H20FN3O7S/c1-2-28(25,26)19-7-5-11(6-8-19)16(22)27-10-15(21)18-14-9-12(20(23)24)3-4-13(14)17/h3-4,9,11H,2,5-8,10H2,1H3,(H,18,21). The number of nitro groups is 1. The van der Waals surface area contributed by atoms with E-state index in [1.165, 1.54) is 4.31 Å². The minimum Gasteiger partial charge on any atom is -0.455 e. The normalized spacial score (nSPS) is 15.8. The lowest BCUT2D eigenvalue weighted by atomic mass is 9.98. The van der Waals surface area contributed by atoms with Crippen molar-refractivity contribution in [1.29, 1.82) is 0 Å². The van der Waals surface area contributed by atoms with Gasteiger partial charge >= 0.3 is 5.97 Å². The van der Waals surface area contributed by atoms with E-state index in [4.69, 9.17) is 4.74 Å². The topological polar surface area (TPSA) is 136 Å². The molecule has 0 bridgehead atoms. The lowest BCUT2D eigenvalue weighted by Gasteiger charge is -2.29. The number of non-ortho nitro benzene ring substituents is 1. The molecule has 0 aliphatic carbocycles. The summed E-state index contributed by atoms with van der Waals surface area (Å²) in [5.41, 5.74) is -0.796. The zero-order valence-electron chi connectivity index (χ0n) is 15.1. The summed E-state index contributed by atoms with van der Waals surface area (Å²) in [6.07, 6.45) is 0.554. The molecule has 1 aromatic carbocycles. The highest BCUT2D eigenvalue weighted by atomic mass is 32.2. The Labute approximate surface area is 160 Å². The summed E-state index contributed by atoms with van der Waals surface area (Å²) < 4.78 is 43.5. The first kappa shape index (κ1) is 21.7. The number of hydrogen-bond acceptors (Lipinski definition) is 7. The lowest BCUT2D eigenvalue weighted by molar-refractivity contribution is -0.384. The van der Waals surface area contributed by atoms with Crippen molar-refractivity contribution in [3.05, 3.63) is 34.1 Å². The maximum Gasteiger partial charge on any atom is 0.309 e. The molecule has 154 valence electrons. The molecule has 0 atom stereocenters. The van der Waals surface area contributed by atoms with Crippen LogP contribution in [0.4, 0.5) is 15.8 Å². The van der Waals surface area contributed by atoms with Gasteiger partial charge in [0.2, 0.25) is 10.0 Å². The number of benzene rings is 1. The Hall–Kier alpha value is -2.60. The van der Waals surface area contributed by atoms with Gasteiger partial charge < -0.3 is 10.1 Å². The van der Waals surface area contributed by atoms with Crippen molar-refractivity contribution in [3.63, 3.8) is 0 Å². The molecule has 1 N–H and O–H groups in total. The van der Waals surface area contributed by atoms with Crippen LogP contribution < -0.4 is 5.32 Å². The number of ether oxygens (including phenoxy) is 1. The Morgan fingerprint density at radius 2 is 2.00 bits per heavy atom. The number of nitro benzene ring substituents is 1. The van der Waals surface area contributed by atoms with Gasteiger partial charge in [0.05, 0.1) is 22.3 Å². The Balaban J connectivity index is 1.84. The molecule has 1 heterocycles. The minimum atomic E-state index is -3.31. The zero-order chi connectivity index (χ0) is 20.9. The molecule has 1 fully saturated rings. The summed E-state index contributed by atoms with van der Waals surface area (Å²) in [5.74, 6) is -2.92. The number of esters is 1. The third-order valence-corrected chi connectivity index (χ3v) is 6.21. The molecule has 1 aliphatic rings. The molecule has 1 aliphatic heterocycles. The second-order valence-electron chi connectivity index (χ2n) is 6.15. The van der Waals surface area contributed by atoms with Crippen LogP contribution in [0.1, 0.15) is 19.8 Å². The lowest BCUT2D eigenvalue weighted by Crippen LogP contribution is -2.41. The molecule has 10 nitrogen and oxygen atoms in total. The summed E-state index contributed by atoms with van der Waals surface area (Å²) >= 11 is 0. The van der Waals surface area contributed by atoms with Crippen molar-refractivity contribution < 1.29 is 32.1 Å². The number of hydrogen-bond donors (Lipinski definition) is 1. The molecule has 0 spiro atoms. The van der Waals surface area contributed by atoms with E-state index in [1.54, 1.807) is 6.92 Å². The van der Waals surface area contributed by atoms with E-state index in [1.807, 2.05) is 0 Å². The monoisotopic (exact) mass is 417 g/mol. The molecule has 28 heavy (non-hydrogen) atoms. The molecule has 1 saturated heterocycles. The fourth-order valence-corrected chi connectivity index (χ4v) is 3.85. The number of sulfonamides is 1. The summed E-state index contributed by atoms with van der Waals surface area (Å²) in [7, 11) is -3.31. The van der Waals surface area contributed by atoms with Crippen molar-refractivity contribution in [2.24, 2.45) is 5.92 Å². The van der Waals surface area contributed by atoms with Gasteiger partial charge in [0.1, 0.15) is 5.82 Å². The van der Waals surface area contributed by atoms with Crippen LogP contribution in [0.3, 0.4) is 0 Å². The molecule has 0 unspecified atom stereocenters. The molecule has 0 aromatic heterocycles. The maximum absolute atomic E-state index is 13.6. The third-order valence-electron chi connectivity index (χ3n) is 4.33. The van der Waals surface area contributed by atoms with E-state index in [0.717, 1.165) is 18.2 Å². The zero-order valence-corrected chi connectivity index (χ0v) is 15.9. The number of carbonyl (C=O) groups excluding carboxylic acids is 2. The quantitative estimate of drug-likeness (QED) is 0.401. The van der Waals surface area contributed by atoms with E-state index in [-0.39, 0.29) is 31.7 Å². The predicted molar refractivity (Wildman–Crippen MR) is 96.4 cm³/mol. The first-order valence-corrected chi connectivity index (χ1v) is 10.1. The molecular formula is C16H20FN3O7S. The first-order chi connectivity index (χ1) is 13.1. The highest BCUT2D eigenvalue weighted by Gasteiger charge is 2.31. The van der Waals surface area contributed by atoms with Crippen molar-refractivity contribution in [3.8, 4) is 0 Å². The molecule has 1 aromatic rings. The van der Waals surface area contributed by atoms with E-state index < -0.39 is 56.5 Å². The van der Waals surface area contributed by atoms with E-state index in [2.05, 4.69) is 5.32 Å². The number of amides is 1. The molecule has 12 heteroatoms. The highest BCUT2D eigenvalue weighted by Crippen LogP contribution is 2.22. The van der Waals surface area contributed by atoms with Crippen molar-refractivity contribution in [1.82, 2.24) is 4.31 Å². The Morgan fingerprint density at radius 3 is 2.57 bits per heavy atom. The summed E-state index contributed by atoms with van der Waals surface area (Å²) in [6.45, 7) is 1.25. The first-order valence-electron chi connectivity index (χ1n) is 8.52. The van der Waals surface area contributed by atoms with Crippen LogP contribution in [0, 0.1) is 21.8 Å². The highest BCUT2D eigenvalue weighted by molar-refractivity contribution is 7.89. The number of halogens is 1. The molecule has 2 rings (SSSR count). The summed E-state index contributed by atoms with van der Waals surface area (Å²) in [5, 5.41) is 12.8. The number of carbonyl (C=O) groups is 2. The number of anilines is 1. The average Bonchev–Trinajstić information content (AvgIpc) is 2.67. The smallest absolute Gasteiger partial charge is 0.309 e. The van der Waals surface area contributed by atoms with Gasteiger partial charge in [-0.05, 0) is 25.8 Å². The van der Waals surface area contributed by atoms with Gasteiger partial charge in [-0.15, -0.1) is 0 Å². The van der Waals surface area contributed by atoms with Crippen LogP contribution >= 0.6 is 0 Å². The Morgan fingerprint density at radius 1 is 1.36 bits per heavy atom. The van der Waals surface area contributed by atoms with Crippen molar-refractivity contribution >= 4 is 33.3 Å². The van der Waals surface area contributed by atoms with E-state index in [0.29, 0.717) is 0 Å². The number of nitrogens with zero attached hydrogens (tertiary/aromatic N) is 2. The van der Waals surface area contributed by atoms with Gasteiger partial charge in [-0.3, -0.25) is 19.7 Å². The Bertz CT molecular complexity index is 867. The van der Waals surface area contributed by atoms with Crippen LogP contribution in [0.25, 0.3) is 0 Å². The Kier molecular flexibility index (Phi) is 7.02. The number of rotatable bonds is 7. The van der Waals surface area contributed by atoms with E-state index in [9.17, 15) is 32.5 Å². The van der Waals surface area contributed by atoms with Crippen molar-refractivity contribution in [2.75, 3.05) is 30.8 Å². The van der Waals surface area contributed by atoms with Gasteiger partial charge in [-0.25, -0.2) is 17.1 Å². The van der Waals surface area contributed by atoms with Crippen LogP contribution in [-0.4, -0.2) is 55.0 Å². The summed E-state index contributed by atoms with van der Waals surface area (Å²) in [4.78, 5) is 33.9. The van der Waals surface area contributed by atoms with Crippen LogP contribution in [0.5, 0.6) is 0 Å². The molecule has 0 saturated carbocycles. The fourth-order valence-electron chi connectivity index (χ4n) is 2.72. The second-order valence-corrected chi connectivity index (χ2v) is 8.41. The van der Waals surface area contributed by atoms with Gasteiger partial charge in [-0.1, -0.05) is 0 Å². The fraction of sp³-hybridized carbons (Fsp3) is 0.500. The minimum absolute atomic E-state index is 0.0174. The van der Waals surface area contributed by atoms with Crippen LogP contribution in [0.15, 0.2) is 18.2 Å². The predicted octanol–water partition coefficient (Wildman–Crippen LogP) is 1.28. The summed E-state index contributed by atoms with van der Waals surface area (Å²) in [6, 6.07) is 2.66. The third kappa shape index (κ3) is 5.45. The van der Waals surface area contributed by atoms with Crippen LogP contribution in [0.2, 0.25) is 0 Å². The number of piperidine rings is 1. The van der Waals surface area contributed by atoms with Gasteiger partial charge in [0, 0.05) is 25.2 Å². The van der Waals surface area contributed by atoms with Gasteiger partial charge in [0.25, 0.3) is 11.6 Å². The molecule has 1 amide bonds. The van der Waals surface area contributed by atoms with Gasteiger partial charge in [0.15, 0.2) is 6.61 Å². The maximum atomic E-state index is 13.6. The molecule has 0 radical (unpaired) electrons. The number of nitrogens with one attached hydrogen (secondary N) is 1. The van der Waals surface area contributed by atoms with E-state index >= 15 is 0 Å². The largest absolute Gasteiger partial charge is 0.455 e.